The minimum Gasteiger partial charge on any atom is -0.465 e. The number of para-hydroxylation sites is 1. The average Bonchev–Trinajstić information content (AvgIpc) is 3.05. The number of ether oxygens (including phenoxy) is 1. The molecule has 3 rings (SSSR count). The fourth-order valence-electron chi connectivity index (χ4n) is 2.97. The number of carbonyl (C=O) groups excluding carboxylic acids is 2. The van der Waals surface area contributed by atoms with E-state index in [1.54, 1.807) is 10.8 Å². The van der Waals surface area contributed by atoms with Gasteiger partial charge in [0.2, 0.25) is 5.91 Å². The molecule has 2 aromatic carbocycles. The summed E-state index contributed by atoms with van der Waals surface area (Å²) in [6.07, 6.45) is 3.64. The van der Waals surface area contributed by atoms with Crippen molar-refractivity contribution in [2.75, 3.05) is 7.11 Å². The quantitative estimate of drug-likeness (QED) is 0.655. The molecular formula is C21H21NO3. The van der Waals surface area contributed by atoms with E-state index >= 15 is 0 Å². The fourth-order valence-corrected chi connectivity index (χ4v) is 2.97. The van der Waals surface area contributed by atoms with Crippen molar-refractivity contribution in [2.24, 2.45) is 0 Å². The Balaban J connectivity index is 1.83. The molecule has 0 bridgehead atoms. The topological polar surface area (TPSA) is 48.3 Å². The van der Waals surface area contributed by atoms with E-state index in [2.05, 4.69) is 31.2 Å². The summed E-state index contributed by atoms with van der Waals surface area (Å²) in [4.78, 5) is 24.6. The van der Waals surface area contributed by atoms with Gasteiger partial charge in [0.15, 0.2) is 0 Å². The van der Waals surface area contributed by atoms with Gasteiger partial charge in [-0.2, -0.15) is 0 Å². The van der Waals surface area contributed by atoms with Crippen molar-refractivity contribution in [3.8, 4) is 0 Å². The van der Waals surface area contributed by atoms with Crippen molar-refractivity contribution in [3.63, 3.8) is 0 Å². The summed E-state index contributed by atoms with van der Waals surface area (Å²) in [5.41, 5.74) is 3.57. The highest BCUT2D eigenvalue weighted by Crippen LogP contribution is 2.22. The van der Waals surface area contributed by atoms with Crippen LogP contribution in [0.2, 0.25) is 0 Å². The third-order valence-electron chi connectivity index (χ3n) is 4.44. The molecule has 3 aromatic rings. The van der Waals surface area contributed by atoms with E-state index < -0.39 is 5.97 Å². The van der Waals surface area contributed by atoms with Crippen molar-refractivity contribution in [2.45, 2.75) is 26.2 Å². The van der Waals surface area contributed by atoms with Crippen LogP contribution in [0.4, 0.5) is 0 Å². The van der Waals surface area contributed by atoms with Crippen LogP contribution in [-0.4, -0.2) is 23.6 Å². The smallest absolute Gasteiger partial charge is 0.340 e. The highest BCUT2D eigenvalue weighted by molar-refractivity contribution is 6.07. The molecule has 25 heavy (non-hydrogen) atoms. The van der Waals surface area contributed by atoms with Crippen LogP contribution in [0, 0.1) is 0 Å². The lowest BCUT2D eigenvalue weighted by molar-refractivity contribution is 0.0603. The number of aromatic nitrogens is 1. The summed E-state index contributed by atoms with van der Waals surface area (Å²) in [6, 6.07) is 15.7. The Morgan fingerprint density at radius 3 is 2.36 bits per heavy atom. The van der Waals surface area contributed by atoms with Crippen LogP contribution in [0.1, 0.15) is 39.6 Å². The molecule has 0 atom stereocenters. The minimum absolute atomic E-state index is 0.0362. The Morgan fingerprint density at radius 1 is 1.00 bits per heavy atom. The van der Waals surface area contributed by atoms with Gasteiger partial charge in [0.25, 0.3) is 0 Å². The third kappa shape index (κ3) is 3.48. The number of hydrogen-bond acceptors (Lipinski definition) is 3. The van der Waals surface area contributed by atoms with E-state index in [1.807, 2.05) is 24.3 Å². The van der Waals surface area contributed by atoms with Crippen molar-refractivity contribution >= 4 is 22.8 Å². The number of aryl methyl sites for hydroxylation is 2. The molecule has 0 unspecified atom stereocenters. The van der Waals surface area contributed by atoms with Gasteiger partial charge in [0.1, 0.15) is 0 Å². The van der Waals surface area contributed by atoms with Gasteiger partial charge in [-0.25, -0.2) is 4.79 Å². The van der Waals surface area contributed by atoms with Gasteiger partial charge in [0, 0.05) is 18.0 Å². The molecule has 1 aromatic heterocycles. The number of methoxy groups -OCH3 is 1. The number of nitrogens with zero attached hydrogens (tertiary/aromatic N) is 1. The van der Waals surface area contributed by atoms with E-state index in [0.29, 0.717) is 18.4 Å². The van der Waals surface area contributed by atoms with Crippen molar-refractivity contribution in [1.29, 1.82) is 0 Å². The number of fused-ring (bicyclic) bond motifs is 1. The van der Waals surface area contributed by atoms with Crippen LogP contribution in [0.25, 0.3) is 10.9 Å². The molecule has 128 valence electrons. The summed E-state index contributed by atoms with van der Waals surface area (Å²) >= 11 is 0. The lowest BCUT2D eigenvalue weighted by Gasteiger charge is -2.05. The molecule has 0 N–H and O–H groups in total. The Morgan fingerprint density at radius 2 is 1.68 bits per heavy atom. The summed E-state index contributed by atoms with van der Waals surface area (Å²) in [7, 11) is 1.34. The van der Waals surface area contributed by atoms with Gasteiger partial charge < -0.3 is 4.74 Å². The van der Waals surface area contributed by atoms with Crippen molar-refractivity contribution in [3.05, 3.63) is 71.4 Å². The molecule has 0 spiro atoms. The Bertz CT molecular complexity index is 907. The second kappa shape index (κ2) is 7.34. The minimum atomic E-state index is -0.432. The van der Waals surface area contributed by atoms with Crippen LogP contribution in [-0.2, 0) is 17.6 Å². The Kier molecular flexibility index (Phi) is 4.98. The highest BCUT2D eigenvalue weighted by atomic mass is 16.5. The summed E-state index contributed by atoms with van der Waals surface area (Å²) in [6.45, 7) is 2.12. The molecule has 0 aliphatic carbocycles. The molecule has 1 heterocycles. The maximum Gasteiger partial charge on any atom is 0.340 e. The second-order valence-electron chi connectivity index (χ2n) is 5.99. The third-order valence-corrected chi connectivity index (χ3v) is 4.44. The van der Waals surface area contributed by atoms with Crippen molar-refractivity contribution in [1.82, 2.24) is 4.57 Å². The lowest BCUT2D eigenvalue weighted by atomic mass is 10.1. The zero-order chi connectivity index (χ0) is 17.8. The molecule has 0 aliphatic rings. The van der Waals surface area contributed by atoms with E-state index in [1.165, 1.54) is 12.7 Å². The molecule has 0 fully saturated rings. The van der Waals surface area contributed by atoms with Gasteiger partial charge in [-0.15, -0.1) is 0 Å². The van der Waals surface area contributed by atoms with Gasteiger partial charge in [0.05, 0.1) is 18.2 Å². The fraction of sp³-hybridized carbons (Fsp3) is 0.238. The zero-order valence-corrected chi connectivity index (χ0v) is 14.5. The number of esters is 1. The van der Waals surface area contributed by atoms with Gasteiger partial charge >= 0.3 is 5.97 Å². The van der Waals surface area contributed by atoms with Crippen LogP contribution in [0.5, 0.6) is 0 Å². The molecule has 0 saturated heterocycles. The number of benzene rings is 2. The standard InChI is InChI=1S/C21H21NO3/c1-3-15-8-10-16(11-9-15)12-13-20(23)22-14-18(21(24)25-2)17-6-4-5-7-19(17)22/h4-11,14H,3,12-13H2,1-2H3. The first-order valence-corrected chi connectivity index (χ1v) is 8.43. The van der Waals surface area contributed by atoms with Crippen LogP contribution < -0.4 is 0 Å². The molecule has 0 radical (unpaired) electrons. The maximum absolute atomic E-state index is 12.7. The number of rotatable bonds is 5. The number of carbonyl (C=O) groups is 2. The first kappa shape index (κ1) is 17.0. The van der Waals surface area contributed by atoms with Crippen LogP contribution >= 0.6 is 0 Å². The van der Waals surface area contributed by atoms with Gasteiger partial charge in [-0.3, -0.25) is 9.36 Å². The van der Waals surface area contributed by atoms with Gasteiger partial charge in [-0.1, -0.05) is 49.4 Å². The SMILES string of the molecule is CCc1ccc(CCC(=O)n2cc(C(=O)OC)c3ccccc32)cc1. The average molecular weight is 335 g/mol. The van der Waals surface area contributed by atoms with Gasteiger partial charge in [-0.05, 0) is 30.0 Å². The normalized spacial score (nSPS) is 10.8. The molecule has 0 amide bonds. The zero-order valence-electron chi connectivity index (χ0n) is 14.5. The molecule has 4 nitrogen and oxygen atoms in total. The monoisotopic (exact) mass is 335 g/mol. The lowest BCUT2D eigenvalue weighted by Crippen LogP contribution is -2.10. The Labute approximate surface area is 147 Å². The second-order valence-corrected chi connectivity index (χ2v) is 5.99. The largest absolute Gasteiger partial charge is 0.465 e. The summed E-state index contributed by atoms with van der Waals surface area (Å²) in [5.74, 6) is -0.469. The Hall–Kier alpha value is -2.88. The molecule has 4 heteroatoms. The number of hydrogen-bond donors (Lipinski definition) is 0. The predicted octanol–water partition coefficient (Wildman–Crippen LogP) is 4.26. The van der Waals surface area contributed by atoms with E-state index in [-0.39, 0.29) is 5.91 Å². The molecule has 0 aliphatic heterocycles. The first-order valence-electron chi connectivity index (χ1n) is 8.43. The molecular weight excluding hydrogens is 314 g/mol. The van der Waals surface area contributed by atoms with E-state index in [0.717, 1.165) is 22.9 Å². The van der Waals surface area contributed by atoms with Crippen LogP contribution in [0.3, 0.4) is 0 Å². The summed E-state index contributed by atoms with van der Waals surface area (Å²) < 4.78 is 6.38. The summed E-state index contributed by atoms with van der Waals surface area (Å²) in [5, 5.41) is 0.731. The van der Waals surface area contributed by atoms with E-state index in [4.69, 9.17) is 4.74 Å². The molecule has 0 saturated carbocycles. The van der Waals surface area contributed by atoms with Crippen molar-refractivity contribution < 1.29 is 14.3 Å². The van der Waals surface area contributed by atoms with E-state index in [9.17, 15) is 9.59 Å². The first-order chi connectivity index (χ1) is 12.1. The van der Waals surface area contributed by atoms with Crippen LogP contribution in [0.15, 0.2) is 54.7 Å². The highest BCUT2D eigenvalue weighted by Gasteiger charge is 2.18. The maximum atomic E-state index is 12.7. The predicted molar refractivity (Wildman–Crippen MR) is 98.0 cm³/mol.